The van der Waals surface area contributed by atoms with Crippen molar-refractivity contribution < 1.29 is 0 Å². The van der Waals surface area contributed by atoms with Gasteiger partial charge in [-0.3, -0.25) is 0 Å². The van der Waals surface area contributed by atoms with Crippen molar-refractivity contribution in [3.8, 4) is 11.1 Å². The van der Waals surface area contributed by atoms with Gasteiger partial charge in [0, 0.05) is 22.2 Å². The number of anilines is 3. The molecule has 0 N–H and O–H groups in total. The maximum absolute atomic E-state index is 2.48. The van der Waals surface area contributed by atoms with Crippen LogP contribution in [0.4, 0.5) is 17.1 Å². The van der Waals surface area contributed by atoms with Crippen molar-refractivity contribution in [1.82, 2.24) is 0 Å². The molecule has 0 aromatic heterocycles. The molecule has 8 rings (SSSR count). The Bertz CT molecular complexity index is 2120. The zero-order valence-electron chi connectivity index (χ0n) is 23.6. The van der Waals surface area contributed by atoms with Gasteiger partial charge < -0.3 is 4.90 Å². The quantitative estimate of drug-likeness (QED) is 0.207. The Hall–Kier alpha value is -4.88. The van der Waals surface area contributed by atoms with E-state index in [2.05, 4.69) is 159 Å². The predicted molar refractivity (Wildman–Crippen MR) is 176 cm³/mol. The van der Waals surface area contributed by atoms with E-state index < -0.39 is 0 Å². The van der Waals surface area contributed by atoms with Gasteiger partial charge in [0.2, 0.25) is 0 Å². The number of para-hydroxylation sites is 1. The van der Waals surface area contributed by atoms with E-state index in [1.807, 2.05) is 0 Å². The summed E-state index contributed by atoms with van der Waals surface area (Å²) in [5.74, 6) is 0. The standard InChI is InChI=1S/C40H31N/c1-26-21-23-28(24-22-26)41(27-13-5-4-6-14-27)36-25-35-37(33-19-11-9-17-31(33)36)38-32-18-10-7-15-29(32)30-16-8-12-20-34(30)39(38)40(35,2)3/h4-25H,1-3H3. The molecule has 0 saturated heterocycles. The number of hydrogen-bond donors (Lipinski definition) is 0. The number of aryl methyl sites for hydroxylation is 1. The van der Waals surface area contributed by atoms with Gasteiger partial charge in [-0.15, -0.1) is 0 Å². The van der Waals surface area contributed by atoms with Crippen LogP contribution < -0.4 is 4.90 Å². The van der Waals surface area contributed by atoms with Gasteiger partial charge >= 0.3 is 0 Å². The second-order valence-electron chi connectivity index (χ2n) is 11.8. The van der Waals surface area contributed by atoms with Crippen molar-refractivity contribution in [3.05, 3.63) is 150 Å². The molecule has 0 aliphatic heterocycles. The van der Waals surface area contributed by atoms with Crippen molar-refractivity contribution in [2.45, 2.75) is 26.2 Å². The lowest BCUT2D eigenvalue weighted by molar-refractivity contribution is 0.667. The lowest BCUT2D eigenvalue weighted by Gasteiger charge is -2.30. The van der Waals surface area contributed by atoms with Crippen molar-refractivity contribution in [3.63, 3.8) is 0 Å². The molecule has 1 aliphatic rings. The molecule has 1 heteroatoms. The summed E-state index contributed by atoms with van der Waals surface area (Å²) in [5.41, 5.74) is 10.2. The minimum absolute atomic E-state index is 0.178. The Morgan fingerprint density at radius 1 is 0.463 bits per heavy atom. The molecule has 0 heterocycles. The smallest absolute Gasteiger partial charge is 0.0543 e. The maximum atomic E-state index is 2.48. The third-order valence-electron chi connectivity index (χ3n) is 9.05. The van der Waals surface area contributed by atoms with Crippen LogP contribution in [0.1, 0.15) is 30.5 Å². The monoisotopic (exact) mass is 525 g/mol. The Labute approximate surface area is 241 Å². The summed E-state index contributed by atoms with van der Waals surface area (Å²) in [6.45, 7) is 6.97. The van der Waals surface area contributed by atoms with Gasteiger partial charge in [0.25, 0.3) is 0 Å². The molecule has 0 bridgehead atoms. The first-order valence-electron chi connectivity index (χ1n) is 14.5. The number of hydrogen-bond acceptors (Lipinski definition) is 1. The van der Waals surface area contributed by atoms with E-state index in [0.717, 1.165) is 11.4 Å². The van der Waals surface area contributed by atoms with Gasteiger partial charge in [-0.2, -0.15) is 0 Å². The van der Waals surface area contributed by atoms with Crippen LogP contribution in [0.5, 0.6) is 0 Å². The van der Waals surface area contributed by atoms with E-state index in [0.29, 0.717) is 0 Å². The Balaban J connectivity index is 1.52. The lowest BCUT2D eigenvalue weighted by atomic mass is 9.79. The first-order chi connectivity index (χ1) is 20.0. The zero-order chi connectivity index (χ0) is 27.7. The van der Waals surface area contributed by atoms with Crippen LogP contribution in [0, 0.1) is 6.92 Å². The van der Waals surface area contributed by atoms with E-state index in [1.165, 1.54) is 65.8 Å². The molecule has 0 amide bonds. The number of rotatable bonds is 3. The van der Waals surface area contributed by atoms with E-state index in [1.54, 1.807) is 0 Å². The van der Waals surface area contributed by atoms with Crippen molar-refractivity contribution in [2.75, 3.05) is 4.90 Å². The average Bonchev–Trinajstić information content (AvgIpc) is 3.26. The second-order valence-corrected chi connectivity index (χ2v) is 11.8. The molecule has 0 atom stereocenters. The second kappa shape index (κ2) is 8.81. The fraction of sp³-hybridized carbons (Fsp3) is 0.100. The number of fused-ring (bicyclic) bond motifs is 10. The summed E-state index contributed by atoms with van der Waals surface area (Å²) in [7, 11) is 0. The third-order valence-corrected chi connectivity index (χ3v) is 9.05. The molecule has 1 aliphatic carbocycles. The van der Waals surface area contributed by atoms with Crippen LogP contribution in [0.2, 0.25) is 0 Å². The topological polar surface area (TPSA) is 3.24 Å². The Morgan fingerprint density at radius 2 is 0.951 bits per heavy atom. The molecule has 0 saturated carbocycles. The maximum Gasteiger partial charge on any atom is 0.0543 e. The molecule has 7 aromatic carbocycles. The number of nitrogens with zero attached hydrogens (tertiary/aromatic N) is 1. The molecular weight excluding hydrogens is 494 g/mol. The first kappa shape index (κ1) is 24.0. The average molecular weight is 526 g/mol. The van der Waals surface area contributed by atoms with Gasteiger partial charge in [0.05, 0.1) is 5.69 Å². The Morgan fingerprint density at radius 3 is 1.61 bits per heavy atom. The lowest BCUT2D eigenvalue weighted by Crippen LogP contribution is -2.17. The fourth-order valence-corrected chi connectivity index (χ4v) is 7.19. The van der Waals surface area contributed by atoms with Crippen LogP contribution in [0.15, 0.2) is 133 Å². The molecule has 7 aromatic rings. The van der Waals surface area contributed by atoms with E-state index in [4.69, 9.17) is 0 Å². The van der Waals surface area contributed by atoms with E-state index >= 15 is 0 Å². The third kappa shape index (κ3) is 3.42. The van der Waals surface area contributed by atoms with Gasteiger partial charge in [0.15, 0.2) is 0 Å². The summed E-state index contributed by atoms with van der Waals surface area (Å²) >= 11 is 0. The van der Waals surface area contributed by atoms with Crippen LogP contribution in [-0.4, -0.2) is 0 Å². The molecule has 0 unspecified atom stereocenters. The van der Waals surface area contributed by atoms with Crippen molar-refractivity contribution in [2.24, 2.45) is 0 Å². The van der Waals surface area contributed by atoms with Crippen LogP contribution >= 0.6 is 0 Å². The van der Waals surface area contributed by atoms with Gasteiger partial charge in [-0.1, -0.05) is 123 Å². The molecule has 196 valence electrons. The molecule has 1 nitrogen and oxygen atoms in total. The van der Waals surface area contributed by atoms with Crippen LogP contribution in [0.3, 0.4) is 0 Å². The molecular formula is C40H31N. The number of benzene rings is 7. The SMILES string of the molecule is Cc1ccc(N(c2ccccc2)c2cc3c(c4ccccc24)-c2c(c4ccccc4c4ccccc24)C3(C)C)cc1. The predicted octanol–water partition coefficient (Wildman–Crippen LogP) is 11.2. The minimum atomic E-state index is -0.178. The highest BCUT2D eigenvalue weighted by Gasteiger charge is 2.40. The van der Waals surface area contributed by atoms with E-state index in [9.17, 15) is 0 Å². The van der Waals surface area contributed by atoms with Crippen LogP contribution in [-0.2, 0) is 5.41 Å². The molecule has 0 spiro atoms. The highest BCUT2D eigenvalue weighted by atomic mass is 15.1. The van der Waals surface area contributed by atoms with Crippen molar-refractivity contribution >= 4 is 49.4 Å². The summed E-state index contributed by atoms with van der Waals surface area (Å²) in [6.07, 6.45) is 0. The van der Waals surface area contributed by atoms with Crippen molar-refractivity contribution in [1.29, 1.82) is 0 Å². The summed E-state index contributed by atoms with van der Waals surface area (Å²) < 4.78 is 0. The largest absolute Gasteiger partial charge is 0.310 e. The normalized spacial score (nSPS) is 13.4. The van der Waals surface area contributed by atoms with Gasteiger partial charge in [0.1, 0.15) is 0 Å². The van der Waals surface area contributed by atoms with Crippen LogP contribution in [0.25, 0.3) is 43.4 Å². The Kier molecular flexibility index (Phi) is 5.15. The first-order valence-corrected chi connectivity index (χ1v) is 14.5. The molecule has 0 radical (unpaired) electrons. The van der Waals surface area contributed by atoms with E-state index in [-0.39, 0.29) is 5.41 Å². The van der Waals surface area contributed by atoms with Gasteiger partial charge in [-0.05, 0) is 86.4 Å². The minimum Gasteiger partial charge on any atom is -0.310 e. The molecule has 0 fully saturated rings. The summed E-state index contributed by atoms with van der Waals surface area (Å²) in [4.78, 5) is 2.43. The summed E-state index contributed by atoms with van der Waals surface area (Å²) in [6, 6.07) is 49.1. The summed E-state index contributed by atoms with van der Waals surface area (Å²) in [5, 5.41) is 7.91. The zero-order valence-corrected chi connectivity index (χ0v) is 23.6. The highest BCUT2D eigenvalue weighted by molar-refractivity contribution is 6.22. The fourth-order valence-electron chi connectivity index (χ4n) is 7.19. The molecule has 41 heavy (non-hydrogen) atoms. The highest BCUT2D eigenvalue weighted by Crippen LogP contribution is 2.58. The van der Waals surface area contributed by atoms with Gasteiger partial charge in [-0.25, -0.2) is 0 Å².